The number of hydrogen-bond donors (Lipinski definition) is 3. The average Bonchev–Trinajstić information content (AvgIpc) is 2.96. The van der Waals surface area contributed by atoms with Crippen LogP contribution in [-0.4, -0.2) is 71.1 Å². The van der Waals surface area contributed by atoms with Gasteiger partial charge in [-0.05, 0) is 45.7 Å². The van der Waals surface area contributed by atoms with Gasteiger partial charge in [0.25, 0.3) is 11.4 Å². The third-order valence-corrected chi connectivity index (χ3v) is 5.80. The third kappa shape index (κ3) is 13.2. The third-order valence-electron chi connectivity index (χ3n) is 5.80. The molecule has 0 aliphatic rings. The molecule has 0 saturated heterocycles. The van der Waals surface area contributed by atoms with Crippen molar-refractivity contribution in [3.63, 3.8) is 0 Å². The summed E-state index contributed by atoms with van der Waals surface area (Å²) in [6, 6.07) is 5.10. The number of aliphatic hydroxyl groups is 2. The van der Waals surface area contributed by atoms with E-state index in [1.165, 1.54) is 52.3 Å². The number of aliphatic carboxylic acids is 1. The van der Waals surface area contributed by atoms with Gasteiger partial charge in [0.05, 0.1) is 79.4 Å². The lowest BCUT2D eigenvalue weighted by Crippen LogP contribution is -2.08. The second-order valence-electron chi connectivity index (χ2n) is 9.09. The summed E-state index contributed by atoms with van der Waals surface area (Å²) in [5, 5.41) is 49.9. The van der Waals surface area contributed by atoms with Gasteiger partial charge in [-0.2, -0.15) is 0 Å². The van der Waals surface area contributed by atoms with Crippen molar-refractivity contribution in [3.05, 3.63) is 55.6 Å². The number of esters is 1. The fourth-order valence-corrected chi connectivity index (χ4v) is 3.70. The number of nitrogens with zero attached hydrogens (tertiary/aromatic N) is 2. The van der Waals surface area contributed by atoms with Gasteiger partial charge in [0.1, 0.15) is 0 Å². The molecule has 3 N–H and O–H groups in total. The molecule has 0 aliphatic heterocycles. The summed E-state index contributed by atoms with van der Waals surface area (Å²) >= 11 is 0. The maximum atomic E-state index is 11.2. The van der Waals surface area contributed by atoms with E-state index in [0.717, 1.165) is 0 Å². The molecule has 2 atom stereocenters. The molecule has 2 aromatic carbocycles. The highest BCUT2D eigenvalue weighted by Gasteiger charge is 2.24. The zero-order valence-electron chi connectivity index (χ0n) is 25.1. The SMILES string of the molecule is C.CCOC(=O)CCCOc1cc([N+](=O)[O-])c(C(C)O)cc1OC.COc1cc(C(C)O)c([N+](=O)[O-])cc1OCCCC(=O)O. The highest BCUT2D eigenvalue weighted by Crippen LogP contribution is 2.38. The first-order valence-electron chi connectivity index (χ1n) is 13.5. The highest BCUT2D eigenvalue weighted by molar-refractivity contribution is 5.69. The van der Waals surface area contributed by atoms with Crippen LogP contribution in [0.4, 0.5) is 11.4 Å². The van der Waals surface area contributed by atoms with Gasteiger partial charge < -0.3 is 39.0 Å². The maximum Gasteiger partial charge on any atom is 0.305 e. The zero-order chi connectivity index (χ0) is 33.4. The van der Waals surface area contributed by atoms with Crippen LogP contribution >= 0.6 is 0 Å². The van der Waals surface area contributed by atoms with Crippen LogP contribution in [0.1, 0.15) is 77.2 Å². The molecule has 0 amide bonds. The highest BCUT2D eigenvalue weighted by atomic mass is 16.6. The van der Waals surface area contributed by atoms with E-state index in [1.807, 2.05) is 0 Å². The molecule has 0 aliphatic carbocycles. The number of carbonyl (C=O) groups excluding carboxylic acids is 1. The quantitative estimate of drug-likeness (QED) is 0.0901. The summed E-state index contributed by atoms with van der Waals surface area (Å²) in [7, 11) is 2.77. The van der Waals surface area contributed by atoms with E-state index in [9.17, 15) is 40.0 Å². The molecule has 0 radical (unpaired) electrons. The maximum absolute atomic E-state index is 11.2. The van der Waals surface area contributed by atoms with Crippen LogP contribution < -0.4 is 18.9 Å². The Morgan fingerprint density at radius 3 is 1.49 bits per heavy atom. The van der Waals surface area contributed by atoms with Gasteiger partial charge in [0, 0.05) is 12.8 Å². The fraction of sp³-hybridized carbons (Fsp3) is 0.517. The number of methoxy groups -OCH3 is 2. The summed E-state index contributed by atoms with van der Waals surface area (Å²) in [6.07, 6.45) is -1.22. The van der Waals surface area contributed by atoms with Crippen molar-refractivity contribution in [2.24, 2.45) is 0 Å². The van der Waals surface area contributed by atoms with E-state index >= 15 is 0 Å². The van der Waals surface area contributed by atoms with Crippen molar-refractivity contribution < 1.29 is 58.4 Å². The first-order chi connectivity index (χ1) is 20.8. The van der Waals surface area contributed by atoms with Crippen molar-refractivity contribution >= 4 is 23.3 Å². The zero-order valence-corrected chi connectivity index (χ0v) is 25.1. The van der Waals surface area contributed by atoms with E-state index in [4.69, 9.17) is 28.8 Å². The minimum Gasteiger partial charge on any atom is -0.493 e. The van der Waals surface area contributed by atoms with E-state index in [1.54, 1.807) is 6.92 Å². The van der Waals surface area contributed by atoms with Crippen LogP contribution in [0.25, 0.3) is 0 Å². The van der Waals surface area contributed by atoms with Gasteiger partial charge in [-0.15, -0.1) is 0 Å². The van der Waals surface area contributed by atoms with Crippen molar-refractivity contribution in [3.8, 4) is 23.0 Å². The van der Waals surface area contributed by atoms with E-state index in [2.05, 4.69) is 0 Å². The molecule has 0 spiro atoms. The summed E-state index contributed by atoms with van der Waals surface area (Å²) in [6.45, 7) is 5.16. The molecule has 2 rings (SSSR count). The van der Waals surface area contributed by atoms with Crippen LogP contribution in [0, 0.1) is 20.2 Å². The average molecular weight is 643 g/mol. The molecule has 2 unspecified atom stereocenters. The summed E-state index contributed by atoms with van der Waals surface area (Å²) in [4.78, 5) is 42.5. The monoisotopic (exact) mass is 642 g/mol. The smallest absolute Gasteiger partial charge is 0.305 e. The Hall–Kier alpha value is -4.70. The number of benzene rings is 2. The Labute approximate surface area is 260 Å². The van der Waals surface area contributed by atoms with Crippen molar-refractivity contribution in [1.29, 1.82) is 0 Å². The van der Waals surface area contributed by atoms with Crippen LogP contribution in [0.5, 0.6) is 23.0 Å². The number of carbonyl (C=O) groups is 2. The van der Waals surface area contributed by atoms with Crippen LogP contribution in [0.3, 0.4) is 0 Å². The number of ether oxygens (including phenoxy) is 5. The molecule has 0 heterocycles. The summed E-state index contributed by atoms with van der Waals surface area (Å²) in [5.74, 6) is -0.416. The van der Waals surface area contributed by atoms with Gasteiger partial charge in [-0.1, -0.05) is 7.43 Å². The van der Waals surface area contributed by atoms with Gasteiger partial charge in [0.15, 0.2) is 23.0 Å². The lowest BCUT2D eigenvalue weighted by Gasteiger charge is -2.14. The molecule has 16 heteroatoms. The van der Waals surface area contributed by atoms with Gasteiger partial charge >= 0.3 is 11.9 Å². The second-order valence-corrected chi connectivity index (χ2v) is 9.09. The Morgan fingerprint density at radius 2 is 1.18 bits per heavy atom. The number of nitro benzene ring substituents is 2. The predicted octanol–water partition coefficient (Wildman–Crippen LogP) is 4.92. The molecule has 0 aromatic heterocycles. The number of aliphatic hydroxyl groups excluding tert-OH is 2. The Kier molecular flexibility index (Phi) is 18.2. The molecule has 0 saturated carbocycles. The lowest BCUT2D eigenvalue weighted by atomic mass is 10.1. The molecule has 2 aromatic rings. The molecular weight excluding hydrogens is 600 g/mol. The molecule has 45 heavy (non-hydrogen) atoms. The predicted molar refractivity (Wildman–Crippen MR) is 161 cm³/mol. The molecular formula is C29H42N2O14. The standard InChI is InChI=1S/C15H21NO7.C13H17NO7.CH4/c1-4-22-15(18)6-5-7-23-14-9-12(16(19)20)11(10(2)17)8-13(14)21-3;1-8(15)9-6-11(20-2)12(7-10(9)14(18)19)21-5-3-4-13(16)17;/h8-10,17H,4-7H2,1-3H3;6-8,15H,3-5H2,1-2H3,(H,16,17);1H4. The number of rotatable bonds is 17. The van der Waals surface area contributed by atoms with E-state index in [0.29, 0.717) is 13.0 Å². The van der Waals surface area contributed by atoms with Gasteiger partial charge in [-0.3, -0.25) is 29.8 Å². The Balaban J connectivity index is 0.000000845. The number of carboxylic acid groups (broad SMARTS) is 1. The molecule has 252 valence electrons. The first-order valence-corrected chi connectivity index (χ1v) is 13.5. The normalized spacial score (nSPS) is 11.4. The largest absolute Gasteiger partial charge is 0.493 e. The van der Waals surface area contributed by atoms with E-state index < -0.39 is 28.0 Å². The summed E-state index contributed by atoms with van der Waals surface area (Å²) in [5.41, 5.74) is -0.263. The lowest BCUT2D eigenvalue weighted by molar-refractivity contribution is -0.386. The minimum absolute atomic E-state index is 0. The molecule has 0 fully saturated rings. The van der Waals surface area contributed by atoms with Crippen molar-refractivity contribution in [2.45, 2.75) is 66.1 Å². The topological polar surface area (TPSA) is 227 Å². The van der Waals surface area contributed by atoms with Crippen molar-refractivity contribution in [1.82, 2.24) is 0 Å². The van der Waals surface area contributed by atoms with Gasteiger partial charge in [0.2, 0.25) is 0 Å². The molecule has 0 bridgehead atoms. The number of hydrogen-bond acceptors (Lipinski definition) is 13. The number of nitro groups is 2. The van der Waals surface area contributed by atoms with E-state index in [-0.39, 0.29) is 91.4 Å². The van der Waals surface area contributed by atoms with Crippen molar-refractivity contribution in [2.75, 3.05) is 34.0 Å². The fourth-order valence-electron chi connectivity index (χ4n) is 3.70. The van der Waals surface area contributed by atoms with Crippen LogP contribution in [0.15, 0.2) is 24.3 Å². The van der Waals surface area contributed by atoms with Gasteiger partial charge in [-0.25, -0.2) is 0 Å². The number of carboxylic acids is 1. The van der Waals surface area contributed by atoms with Crippen LogP contribution in [-0.2, 0) is 14.3 Å². The first kappa shape index (κ1) is 40.3. The van der Waals surface area contributed by atoms with Crippen LogP contribution in [0.2, 0.25) is 0 Å². The second kappa shape index (κ2) is 20.3. The summed E-state index contributed by atoms with van der Waals surface area (Å²) < 4.78 is 25.8. The Bertz CT molecular complexity index is 1280. The minimum atomic E-state index is -1.03. The Morgan fingerprint density at radius 1 is 0.778 bits per heavy atom. The molecule has 16 nitrogen and oxygen atoms in total.